The molecule has 0 spiro atoms. The SMILES string of the molecule is Cc1ccc(-n2ncc(-c3nnn(C(C)C)n3)c2SSc2c(-c3nnn(C(C)C)n3)cnn2-c2ccc(C)cc2C)c(C)c1. The minimum Gasteiger partial charge on any atom is -0.225 e. The zero-order chi connectivity index (χ0) is 31.1. The van der Waals surface area contributed by atoms with E-state index in [1.165, 1.54) is 11.1 Å². The molecule has 0 atom stereocenters. The van der Waals surface area contributed by atoms with Crippen LogP contribution in [0.15, 0.2) is 58.8 Å². The molecule has 0 saturated heterocycles. The van der Waals surface area contributed by atoms with Gasteiger partial charge >= 0.3 is 0 Å². The van der Waals surface area contributed by atoms with Crippen LogP contribution >= 0.6 is 21.6 Å². The summed E-state index contributed by atoms with van der Waals surface area (Å²) in [6.07, 6.45) is 3.62. The lowest BCUT2D eigenvalue weighted by Gasteiger charge is -2.13. The topological polar surface area (TPSA) is 123 Å². The molecule has 6 aromatic rings. The largest absolute Gasteiger partial charge is 0.225 e. The van der Waals surface area contributed by atoms with Crippen LogP contribution in [-0.4, -0.2) is 60.0 Å². The van der Waals surface area contributed by atoms with E-state index in [1.54, 1.807) is 31.2 Å². The third-order valence-electron chi connectivity index (χ3n) is 7.07. The van der Waals surface area contributed by atoms with Crippen molar-refractivity contribution >= 4 is 21.6 Å². The van der Waals surface area contributed by atoms with Gasteiger partial charge < -0.3 is 0 Å². The van der Waals surface area contributed by atoms with Crippen LogP contribution in [0.1, 0.15) is 62.0 Å². The third-order valence-corrected chi connectivity index (χ3v) is 9.45. The van der Waals surface area contributed by atoms with E-state index in [0.29, 0.717) is 11.6 Å². The Bertz CT molecular complexity index is 1800. The molecular formula is C30H34N12S2. The molecule has 14 heteroatoms. The van der Waals surface area contributed by atoms with E-state index in [2.05, 4.69) is 94.9 Å². The summed E-state index contributed by atoms with van der Waals surface area (Å²) in [6.45, 7) is 16.5. The first kappa shape index (κ1) is 29.8. The van der Waals surface area contributed by atoms with Crippen molar-refractivity contribution in [2.75, 3.05) is 0 Å². The zero-order valence-electron chi connectivity index (χ0n) is 26.0. The number of hydrogen-bond acceptors (Lipinski definition) is 10. The highest BCUT2D eigenvalue weighted by atomic mass is 33.1. The lowest BCUT2D eigenvalue weighted by atomic mass is 10.1. The van der Waals surface area contributed by atoms with E-state index >= 15 is 0 Å². The molecule has 0 unspecified atom stereocenters. The molecule has 0 amide bonds. The molecule has 4 aromatic heterocycles. The van der Waals surface area contributed by atoms with Crippen LogP contribution in [0.3, 0.4) is 0 Å². The van der Waals surface area contributed by atoms with Crippen LogP contribution in [0.2, 0.25) is 0 Å². The smallest absolute Gasteiger partial charge is 0.209 e. The van der Waals surface area contributed by atoms with Gasteiger partial charge in [-0.25, -0.2) is 9.36 Å². The Morgan fingerprint density at radius 2 is 1.00 bits per heavy atom. The van der Waals surface area contributed by atoms with Gasteiger partial charge in [0.05, 0.1) is 47.0 Å². The number of aromatic nitrogens is 12. The van der Waals surface area contributed by atoms with Gasteiger partial charge in [-0.3, -0.25) is 0 Å². The van der Waals surface area contributed by atoms with Gasteiger partial charge in [-0.1, -0.05) is 35.4 Å². The van der Waals surface area contributed by atoms with E-state index < -0.39 is 0 Å². The van der Waals surface area contributed by atoms with Crippen molar-refractivity contribution in [3.63, 3.8) is 0 Å². The lowest BCUT2D eigenvalue weighted by Crippen LogP contribution is -2.05. The van der Waals surface area contributed by atoms with Crippen LogP contribution < -0.4 is 0 Å². The van der Waals surface area contributed by atoms with Crippen molar-refractivity contribution < 1.29 is 0 Å². The normalized spacial score (nSPS) is 11.8. The maximum atomic E-state index is 4.82. The predicted molar refractivity (Wildman–Crippen MR) is 172 cm³/mol. The standard InChI is InChI=1S/C30H34N12S2/c1-17(2)41-35-27(33-37-41)23-15-31-39(25-11-9-19(5)13-21(25)7)29(23)43-44-30-24(28-34-38-42(36-28)18(3)4)16-32-40(30)26-12-10-20(6)14-22(26)8/h9-18H,1-8H3. The van der Waals surface area contributed by atoms with Crippen molar-refractivity contribution in [1.29, 1.82) is 0 Å². The molecule has 2 aromatic carbocycles. The van der Waals surface area contributed by atoms with Crippen molar-refractivity contribution in [2.24, 2.45) is 0 Å². The average Bonchev–Trinajstić information content (AvgIpc) is 3.77. The van der Waals surface area contributed by atoms with Gasteiger partial charge in [-0.2, -0.15) is 19.8 Å². The fraction of sp³-hybridized carbons (Fsp3) is 0.333. The predicted octanol–water partition coefficient (Wildman–Crippen LogP) is 6.56. The molecule has 226 valence electrons. The van der Waals surface area contributed by atoms with Crippen molar-refractivity contribution in [2.45, 2.75) is 77.5 Å². The maximum absolute atomic E-state index is 4.82. The second-order valence-corrected chi connectivity index (χ2v) is 13.5. The fourth-order valence-corrected chi connectivity index (χ4v) is 7.25. The monoisotopic (exact) mass is 626 g/mol. The van der Waals surface area contributed by atoms with Gasteiger partial charge in [0.2, 0.25) is 11.6 Å². The fourth-order valence-electron chi connectivity index (χ4n) is 4.75. The van der Waals surface area contributed by atoms with Gasteiger partial charge in [-0.15, -0.1) is 20.4 Å². The summed E-state index contributed by atoms with van der Waals surface area (Å²) < 4.78 is 3.89. The minimum absolute atomic E-state index is 0.0810. The summed E-state index contributed by atoms with van der Waals surface area (Å²) in [4.78, 5) is 3.23. The number of hydrogen-bond donors (Lipinski definition) is 0. The van der Waals surface area contributed by atoms with Gasteiger partial charge in [0.15, 0.2) is 0 Å². The summed E-state index contributed by atoms with van der Waals surface area (Å²) in [7, 11) is 3.11. The van der Waals surface area contributed by atoms with Gasteiger partial charge in [0, 0.05) is 0 Å². The van der Waals surface area contributed by atoms with Crippen LogP contribution in [0.4, 0.5) is 0 Å². The maximum Gasteiger partial charge on any atom is 0.209 e. The summed E-state index contributed by atoms with van der Waals surface area (Å²) in [5, 5.41) is 38.0. The summed E-state index contributed by atoms with van der Waals surface area (Å²) >= 11 is 0. The molecule has 0 saturated carbocycles. The molecule has 6 rings (SSSR count). The van der Waals surface area contributed by atoms with Gasteiger partial charge in [-0.05, 0) is 111 Å². The van der Waals surface area contributed by atoms with Crippen molar-refractivity contribution in [1.82, 2.24) is 60.0 Å². The number of rotatable bonds is 9. The highest BCUT2D eigenvalue weighted by molar-refractivity contribution is 8.76. The molecular weight excluding hydrogens is 593 g/mol. The third kappa shape index (κ3) is 5.66. The van der Waals surface area contributed by atoms with Crippen LogP contribution in [0.25, 0.3) is 34.2 Å². The Kier molecular flexibility index (Phi) is 8.12. The molecule has 0 radical (unpaired) electrons. The van der Waals surface area contributed by atoms with E-state index in [9.17, 15) is 0 Å². The molecule has 0 fully saturated rings. The number of tetrazole rings is 2. The van der Waals surface area contributed by atoms with E-state index in [0.717, 1.165) is 43.7 Å². The molecule has 4 heterocycles. The quantitative estimate of drug-likeness (QED) is 0.163. The molecule has 0 aliphatic rings. The molecule has 44 heavy (non-hydrogen) atoms. The van der Waals surface area contributed by atoms with E-state index in [4.69, 9.17) is 10.2 Å². The van der Waals surface area contributed by atoms with E-state index in [1.807, 2.05) is 49.5 Å². The first-order valence-electron chi connectivity index (χ1n) is 14.4. The summed E-state index contributed by atoms with van der Waals surface area (Å²) in [5.74, 6) is 1.03. The van der Waals surface area contributed by atoms with Crippen LogP contribution in [0, 0.1) is 27.7 Å². The lowest BCUT2D eigenvalue weighted by molar-refractivity contribution is 0.455. The van der Waals surface area contributed by atoms with Crippen LogP contribution in [-0.2, 0) is 0 Å². The summed E-state index contributed by atoms with van der Waals surface area (Å²) in [6, 6.07) is 12.8. The zero-order valence-corrected chi connectivity index (χ0v) is 27.6. The molecule has 0 bridgehead atoms. The first-order valence-corrected chi connectivity index (χ1v) is 16.5. The highest BCUT2D eigenvalue weighted by Gasteiger charge is 2.25. The number of nitrogens with zero attached hydrogens (tertiary/aromatic N) is 12. The highest BCUT2D eigenvalue weighted by Crippen LogP contribution is 2.46. The molecule has 0 aliphatic carbocycles. The average molecular weight is 627 g/mol. The second-order valence-electron chi connectivity index (χ2n) is 11.4. The first-order chi connectivity index (χ1) is 21.1. The Balaban J connectivity index is 1.48. The second kappa shape index (κ2) is 12.0. The minimum atomic E-state index is 0.0810. The van der Waals surface area contributed by atoms with Gasteiger partial charge in [0.25, 0.3) is 0 Å². The summed E-state index contributed by atoms with van der Waals surface area (Å²) in [5.41, 5.74) is 8.13. The van der Waals surface area contributed by atoms with Crippen molar-refractivity contribution in [3.05, 3.63) is 71.0 Å². The Morgan fingerprint density at radius 1 is 0.591 bits per heavy atom. The number of aryl methyl sites for hydroxylation is 4. The molecule has 12 nitrogen and oxygen atoms in total. The van der Waals surface area contributed by atoms with Crippen molar-refractivity contribution in [3.8, 4) is 34.2 Å². The van der Waals surface area contributed by atoms with E-state index in [-0.39, 0.29) is 12.1 Å². The number of benzene rings is 2. The molecule has 0 N–H and O–H groups in total. The van der Waals surface area contributed by atoms with Crippen LogP contribution in [0.5, 0.6) is 0 Å². The van der Waals surface area contributed by atoms with Gasteiger partial charge in [0.1, 0.15) is 10.1 Å². The Morgan fingerprint density at radius 3 is 1.34 bits per heavy atom. The Labute approximate surface area is 263 Å². The molecule has 0 aliphatic heterocycles. The Hall–Kier alpha value is -4.30.